The lowest BCUT2D eigenvalue weighted by molar-refractivity contribution is 0.000235. The molecule has 4 nitrogen and oxygen atoms in total. The third kappa shape index (κ3) is 6.57. The summed E-state index contributed by atoms with van der Waals surface area (Å²) < 4.78 is 26.7. The van der Waals surface area contributed by atoms with Crippen LogP contribution in [-0.2, 0) is 14.8 Å². The summed E-state index contributed by atoms with van der Waals surface area (Å²) in [7, 11) is -3.44. The Hall–Kier alpha value is -0.130. The number of hydrogen-bond acceptors (Lipinski definition) is 3. The third-order valence-corrected chi connectivity index (χ3v) is 2.34. The smallest absolute Gasteiger partial charge is 0.211 e. The Kier molecular flexibility index (Phi) is 4.16. The van der Waals surface area contributed by atoms with Crippen molar-refractivity contribution >= 4 is 10.0 Å². The number of ether oxygens (including phenoxy) is 1. The zero-order chi connectivity index (χ0) is 9.83. The van der Waals surface area contributed by atoms with Crippen molar-refractivity contribution in [1.82, 2.24) is 0 Å². The molecule has 0 spiro atoms. The van der Waals surface area contributed by atoms with Gasteiger partial charge >= 0.3 is 0 Å². The van der Waals surface area contributed by atoms with Gasteiger partial charge in [-0.15, -0.1) is 0 Å². The molecule has 2 N–H and O–H groups in total. The quantitative estimate of drug-likeness (QED) is 0.693. The predicted molar refractivity (Wildman–Crippen MR) is 48.3 cm³/mol. The SMILES string of the molecule is CCCOC(C)(C)CS(N)(=O)=O. The number of hydrogen-bond donors (Lipinski definition) is 1. The summed E-state index contributed by atoms with van der Waals surface area (Å²) in [5.74, 6) is -0.139. The van der Waals surface area contributed by atoms with E-state index in [0.717, 1.165) is 6.42 Å². The Balaban J connectivity index is 4.04. The predicted octanol–water partition coefficient (Wildman–Crippen LogP) is 0.480. The zero-order valence-electron chi connectivity index (χ0n) is 7.83. The molecule has 0 amide bonds. The van der Waals surface area contributed by atoms with Crippen LogP contribution in [0.15, 0.2) is 0 Å². The van der Waals surface area contributed by atoms with Gasteiger partial charge in [0.2, 0.25) is 10.0 Å². The van der Waals surface area contributed by atoms with E-state index in [0.29, 0.717) is 6.61 Å². The van der Waals surface area contributed by atoms with Gasteiger partial charge in [0.05, 0.1) is 11.4 Å². The summed E-state index contributed by atoms with van der Waals surface area (Å²) in [6.07, 6.45) is 0.869. The lowest BCUT2D eigenvalue weighted by Gasteiger charge is -2.23. The lowest BCUT2D eigenvalue weighted by atomic mass is 10.2. The molecular formula is C7H17NO3S. The van der Waals surface area contributed by atoms with Crippen LogP contribution in [0, 0.1) is 0 Å². The standard InChI is InChI=1S/C7H17NO3S/c1-4-5-11-7(2,3)6-12(8,9)10/h4-6H2,1-3H3,(H2,8,9,10). The van der Waals surface area contributed by atoms with Crippen molar-refractivity contribution in [3.8, 4) is 0 Å². The van der Waals surface area contributed by atoms with Crippen LogP contribution in [-0.4, -0.2) is 26.4 Å². The molecule has 12 heavy (non-hydrogen) atoms. The Labute approximate surface area is 74.1 Å². The van der Waals surface area contributed by atoms with E-state index in [2.05, 4.69) is 0 Å². The average Bonchev–Trinajstić information content (AvgIpc) is 1.78. The van der Waals surface area contributed by atoms with Crippen LogP contribution in [0.25, 0.3) is 0 Å². The van der Waals surface area contributed by atoms with Crippen molar-refractivity contribution in [2.24, 2.45) is 5.14 Å². The second kappa shape index (κ2) is 4.20. The highest BCUT2D eigenvalue weighted by Gasteiger charge is 2.23. The number of sulfonamides is 1. The van der Waals surface area contributed by atoms with Crippen molar-refractivity contribution in [3.05, 3.63) is 0 Å². The van der Waals surface area contributed by atoms with E-state index in [9.17, 15) is 8.42 Å². The third-order valence-electron chi connectivity index (χ3n) is 1.25. The van der Waals surface area contributed by atoms with Gasteiger partial charge in [-0.25, -0.2) is 13.6 Å². The largest absolute Gasteiger partial charge is 0.374 e. The summed E-state index contributed by atoms with van der Waals surface area (Å²) in [5.41, 5.74) is -0.677. The molecular weight excluding hydrogens is 178 g/mol. The van der Waals surface area contributed by atoms with Crippen molar-refractivity contribution < 1.29 is 13.2 Å². The van der Waals surface area contributed by atoms with E-state index in [1.54, 1.807) is 13.8 Å². The highest BCUT2D eigenvalue weighted by molar-refractivity contribution is 7.89. The fraction of sp³-hybridized carbons (Fsp3) is 1.00. The van der Waals surface area contributed by atoms with Gasteiger partial charge in [0, 0.05) is 6.61 Å². The fourth-order valence-corrected chi connectivity index (χ4v) is 1.96. The Morgan fingerprint density at radius 2 is 1.92 bits per heavy atom. The molecule has 0 unspecified atom stereocenters. The monoisotopic (exact) mass is 195 g/mol. The molecule has 0 aromatic rings. The second-order valence-corrected chi connectivity index (χ2v) is 5.03. The van der Waals surface area contributed by atoms with E-state index in [1.807, 2.05) is 6.92 Å². The van der Waals surface area contributed by atoms with Crippen molar-refractivity contribution in [2.75, 3.05) is 12.4 Å². The summed E-state index contributed by atoms with van der Waals surface area (Å²) in [6, 6.07) is 0. The van der Waals surface area contributed by atoms with Crippen LogP contribution in [0.2, 0.25) is 0 Å². The maximum atomic E-state index is 10.7. The Morgan fingerprint density at radius 1 is 1.42 bits per heavy atom. The van der Waals surface area contributed by atoms with Crippen LogP contribution in [0.1, 0.15) is 27.2 Å². The molecule has 0 saturated heterocycles. The van der Waals surface area contributed by atoms with E-state index < -0.39 is 15.6 Å². The number of rotatable bonds is 5. The molecule has 0 aromatic heterocycles. The molecule has 5 heteroatoms. The highest BCUT2D eigenvalue weighted by atomic mass is 32.2. The molecule has 0 fully saturated rings. The Morgan fingerprint density at radius 3 is 2.25 bits per heavy atom. The second-order valence-electron chi connectivity index (χ2n) is 3.42. The molecule has 0 heterocycles. The summed E-state index contributed by atoms with van der Waals surface area (Å²) in [6.45, 7) is 5.95. The van der Waals surface area contributed by atoms with E-state index in [4.69, 9.17) is 9.88 Å². The van der Waals surface area contributed by atoms with Gasteiger partial charge < -0.3 is 4.74 Å². The van der Waals surface area contributed by atoms with Crippen LogP contribution in [0.5, 0.6) is 0 Å². The fourth-order valence-electron chi connectivity index (χ4n) is 0.905. The van der Waals surface area contributed by atoms with Crippen LogP contribution in [0.3, 0.4) is 0 Å². The van der Waals surface area contributed by atoms with Gasteiger partial charge in [0.15, 0.2) is 0 Å². The van der Waals surface area contributed by atoms with Crippen molar-refractivity contribution in [2.45, 2.75) is 32.8 Å². The van der Waals surface area contributed by atoms with Crippen LogP contribution in [0.4, 0.5) is 0 Å². The van der Waals surface area contributed by atoms with E-state index >= 15 is 0 Å². The topological polar surface area (TPSA) is 69.4 Å². The first kappa shape index (κ1) is 11.9. The molecule has 0 aliphatic heterocycles. The zero-order valence-corrected chi connectivity index (χ0v) is 8.65. The van der Waals surface area contributed by atoms with Crippen LogP contribution >= 0.6 is 0 Å². The van der Waals surface area contributed by atoms with Crippen molar-refractivity contribution in [3.63, 3.8) is 0 Å². The minimum Gasteiger partial charge on any atom is -0.374 e. The minimum absolute atomic E-state index is 0.139. The first-order valence-electron chi connectivity index (χ1n) is 3.91. The van der Waals surface area contributed by atoms with Gasteiger partial charge in [0.1, 0.15) is 0 Å². The first-order chi connectivity index (χ1) is 5.27. The normalized spacial score (nSPS) is 13.3. The maximum absolute atomic E-state index is 10.7. The van der Waals surface area contributed by atoms with Crippen LogP contribution < -0.4 is 5.14 Å². The summed E-state index contributed by atoms with van der Waals surface area (Å²) >= 11 is 0. The summed E-state index contributed by atoms with van der Waals surface area (Å²) in [4.78, 5) is 0. The molecule has 0 saturated carbocycles. The molecule has 0 bridgehead atoms. The van der Waals surface area contributed by atoms with Gasteiger partial charge in [-0.3, -0.25) is 0 Å². The maximum Gasteiger partial charge on any atom is 0.211 e. The molecule has 0 rings (SSSR count). The minimum atomic E-state index is -3.44. The first-order valence-corrected chi connectivity index (χ1v) is 5.63. The van der Waals surface area contributed by atoms with E-state index in [1.165, 1.54) is 0 Å². The average molecular weight is 195 g/mol. The van der Waals surface area contributed by atoms with Gasteiger partial charge in [-0.05, 0) is 20.3 Å². The molecule has 0 aromatic carbocycles. The lowest BCUT2D eigenvalue weighted by Crippen LogP contribution is -2.37. The van der Waals surface area contributed by atoms with Gasteiger partial charge in [-0.2, -0.15) is 0 Å². The molecule has 0 atom stereocenters. The van der Waals surface area contributed by atoms with Gasteiger partial charge in [0.25, 0.3) is 0 Å². The van der Waals surface area contributed by atoms with Gasteiger partial charge in [-0.1, -0.05) is 6.92 Å². The Bertz CT molecular complexity index is 221. The van der Waals surface area contributed by atoms with E-state index in [-0.39, 0.29) is 5.75 Å². The number of primary sulfonamides is 1. The van der Waals surface area contributed by atoms with Crippen molar-refractivity contribution in [1.29, 1.82) is 0 Å². The molecule has 74 valence electrons. The number of nitrogens with two attached hydrogens (primary N) is 1. The molecule has 0 radical (unpaired) electrons. The molecule has 0 aliphatic carbocycles. The molecule has 0 aliphatic rings. The highest BCUT2D eigenvalue weighted by Crippen LogP contribution is 2.11. The summed E-state index contributed by atoms with van der Waals surface area (Å²) in [5, 5.41) is 4.89.